The first-order valence-electron chi connectivity index (χ1n) is 9.34. The van der Waals surface area contributed by atoms with Crippen LogP contribution in [0.2, 0.25) is 0 Å². The van der Waals surface area contributed by atoms with Crippen molar-refractivity contribution in [1.82, 2.24) is 9.55 Å². The average molecular weight is 387 g/mol. The lowest BCUT2D eigenvalue weighted by Crippen LogP contribution is -2.31. The first kappa shape index (κ1) is 20.2. The van der Waals surface area contributed by atoms with E-state index < -0.39 is 18.2 Å². The quantitative estimate of drug-likeness (QED) is 0.786. The van der Waals surface area contributed by atoms with E-state index >= 15 is 0 Å². The van der Waals surface area contributed by atoms with Crippen LogP contribution in [-0.2, 0) is 15.9 Å². The van der Waals surface area contributed by atoms with Crippen LogP contribution in [0.4, 0.5) is 5.82 Å². The number of anilines is 1. The van der Waals surface area contributed by atoms with Gasteiger partial charge in [0.15, 0.2) is 12.5 Å². The third-order valence-electron chi connectivity index (χ3n) is 4.65. The zero-order valence-corrected chi connectivity index (χ0v) is 16.2. The van der Waals surface area contributed by atoms with Crippen LogP contribution in [-0.4, -0.2) is 40.1 Å². The Morgan fingerprint density at radius 2 is 2.07 bits per heavy atom. The van der Waals surface area contributed by atoms with Gasteiger partial charge in [0.25, 0.3) is 5.91 Å². The Morgan fingerprint density at radius 3 is 2.64 bits per heavy atom. The predicted molar refractivity (Wildman–Crippen MR) is 103 cm³/mol. The lowest BCUT2D eigenvalue weighted by molar-refractivity contribution is -0.0993. The molecule has 28 heavy (non-hydrogen) atoms. The highest BCUT2D eigenvalue weighted by molar-refractivity contribution is 6.04. The first-order chi connectivity index (χ1) is 13.4. The second-order valence-electron chi connectivity index (χ2n) is 6.93. The van der Waals surface area contributed by atoms with E-state index in [-0.39, 0.29) is 30.9 Å². The van der Waals surface area contributed by atoms with Crippen LogP contribution in [0.25, 0.3) is 0 Å². The minimum absolute atomic E-state index is 0.00748. The molecule has 2 atom stereocenters. The number of carbonyl (C=O) groups is 1. The number of carbonyl (C=O) groups excluding carboxylic acids is 1. The summed E-state index contributed by atoms with van der Waals surface area (Å²) in [6.07, 6.45) is 1.10. The van der Waals surface area contributed by atoms with Gasteiger partial charge in [-0.2, -0.15) is 4.98 Å². The molecule has 0 saturated carbocycles. The molecule has 150 valence electrons. The van der Waals surface area contributed by atoms with Crippen LogP contribution in [0.1, 0.15) is 54.4 Å². The molecule has 0 aliphatic carbocycles. The summed E-state index contributed by atoms with van der Waals surface area (Å²) in [7, 11) is 0. The summed E-state index contributed by atoms with van der Waals surface area (Å²) in [4.78, 5) is 29.2. The van der Waals surface area contributed by atoms with Gasteiger partial charge in [-0.05, 0) is 30.0 Å². The fourth-order valence-electron chi connectivity index (χ4n) is 2.97. The molecule has 0 bridgehead atoms. The zero-order chi connectivity index (χ0) is 20.3. The molecule has 0 radical (unpaired) electrons. The van der Waals surface area contributed by atoms with E-state index in [1.54, 1.807) is 18.3 Å². The van der Waals surface area contributed by atoms with E-state index in [1.807, 2.05) is 32.9 Å². The van der Waals surface area contributed by atoms with Crippen molar-refractivity contribution in [2.75, 3.05) is 18.5 Å². The number of hydrogen-bond acceptors (Lipinski definition) is 6. The van der Waals surface area contributed by atoms with E-state index in [0.29, 0.717) is 11.1 Å². The molecule has 8 nitrogen and oxygen atoms in total. The number of hydrogen-bond donors (Lipinski definition) is 2. The molecule has 1 aromatic carbocycles. The summed E-state index contributed by atoms with van der Waals surface area (Å²) in [6.45, 7) is 5.78. The number of aryl methyl sites for hydroxylation is 1. The van der Waals surface area contributed by atoms with Gasteiger partial charge in [-0.25, -0.2) is 4.79 Å². The highest BCUT2D eigenvalue weighted by Crippen LogP contribution is 2.25. The largest absolute Gasteiger partial charge is 0.391 e. The van der Waals surface area contributed by atoms with Crippen LogP contribution in [0.3, 0.4) is 0 Å². The molecule has 1 aliphatic heterocycles. The maximum Gasteiger partial charge on any atom is 0.351 e. The number of nitrogens with one attached hydrogen (secondary N) is 1. The van der Waals surface area contributed by atoms with Crippen LogP contribution < -0.4 is 11.0 Å². The van der Waals surface area contributed by atoms with Gasteiger partial charge >= 0.3 is 5.69 Å². The number of benzene rings is 1. The van der Waals surface area contributed by atoms with Crippen molar-refractivity contribution >= 4 is 11.7 Å². The van der Waals surface area contributed by atoms with E-state index in [0.717, 1.165) is 12.0 Å². The summed E-state index contributed by atoms with van der Waals surface area (Å²) in [5.41, 5.74) is 1.78. The summed E-state index contributed by atoms with van der Waals surface area (Å²) in [6, 6.07) is 7.31. The maximum absolute atomic E-state index is 12.6. The van der Waals surface area contributed by atoms with Gasteiger partial charge in [-0.3, -0.25) is 9.36 Å². The van der Waals surface area contributed by atoms with Crippen molar-refractivity contribution in [3.05, 3.63) is 57.6 Å². The van der Waals surface area contributed by atoms with Gasteiger partial charge in [0.05, 0.1) is 13.2 Å². The number of ether oxygens (including phenoxy) is 2. The predicted octanol–water partition coefficient (Wildman–Crippen LogP) is 2.05. The molecular formula is C20H25N3O5. The summed E-state index contributed by atoms with van der Waals surface area (Å²) in [5, 5.41) is 11.9. The highest BCUT2D eigenvalue weighted by Gasteiger charge is 2.28. The highest BCUT2D eigenvalue weighted by atomic mass is 16.7. The fourth-order valence-corrected chi connectivity index (χ4v) is 2.97. The van der Waals surface area contributed by atoms with E-state index in [4.69, 9.17) is 14.6 Å². The molecule has 1 aliphatic rings. The number of rotatable bonds is 6. The van der Waals surface area contributed by atoms with Gasteiger partial charge in [-0.15, -0.1) is 0 Å². The minimum atomic E-state index is -0.759. The van der Waals surface area contributed by atoms with Crippen molar-refractivity contribution in [3.8, 4) is 0 Å². The molecule has 1 aromatic heterocycles. The van der Waals surface area contributed by atoms with Gasteiger partial charge in [-0.1, -0.05) is 32.9 Å². The summed E-state index contributed by atoms with van der Waals surface area (Å²) >= 11 is 0. The average Bonchev–Trinajstić information content (AvgIpc) is 3.17. The van der Waals surface area contributed by atoms with Crippen LogP contribution in [0, 0.1) is 0 Å². The molecule has 2 N–H and O–H groups in total. The Kier molecular flexibility index (Phi) is 6.23. The maximum atomic E-state index is 12.6. The molecule has 2 unspecified atom stereocenters. The number of aliphatic hydroxyl groups excluding tert-OH is 1. The summed E-state index contributed by atoms with van der Waals surface area (Å²) < 4.78 is 12.1. The molecule has 3 rings (SSSR count). The lowest BCUT2D eigenvalue weighted by atomic mass is 10.1. The van der Waals surface area contributed by atoms with Crippen molar-refractivity contribution < 1.29 is 19.4 Å². The smallest absolute Gasteiger partial charge is 0.351 e. The number of aromatic nitrogens is 2. The standard InChI is InChI=1S/C20H25N3O5/c1-4-13-5-7-14(8-6-13)19(25)21-18-15(12(2)3)9-23(20(26)22-18)16-11-27-17(10-24)28-16/h5-9,12,16-17,24H,4,10-11H2,1-3H3,(H,21,22,25,26). The molecule has 1 amide bonds. The molecular weight excluding hydrogens is 362 g/mol. The zero-order valence-electron chi connectivity index (χ0n) is 16.2. The van der Waals surface area contributed by atoms with Gasteiger partial charge in [0.2, 0.25) is 0 Å². The van der Waals surface area contributed by atoms with E-state index in [9.17, 15) is 9.59 Å². The second-order valence-corrected chi connectivity index (χ2v) is 6.93. The fraction of sp³-hybridized carbons (Fsp3) is 0.450. The normalized spacial score (nSPS) is 19.2. The number of amides is 1. The van der Waals surface area contributed by atoms with Gasteiger partial charge in [0.1, 0.15) is 5.82 Å². The Hall–Kier alpha value is -2.55. The molecule has 8 heteroatoms. The van der Waals surface area contributed by atoms with Crippen molar-refractivity contribution in [2.24, 2.45) is 0 Å². The third kappa shape index (κ3) is 4.30. The second kappa shape index (κ2) is 8.64. The van der Waals surface area contributed by atoms with Gasteiger partial charge < -0.3 is 19.9 Å². The van der Waals surface area contributed by atoms with E-state index in [1.165, 1.54) is 4.57 Å². The third-order valence-corrected chi connectivity index (χ3v) is 4.65. The summed E-state index contributed by atoms with van der Waals surface area (Å²) in [5.74, 6) is -0.0819. The molecule has 1 saturated heterocycles. The topological polar surface area (TPSA) is 103 Å². The molecule has 0 spiro atoms. The van der Waals surface area contributed by atoms with Crippen molar-refractivity contribution in [2.45, 2.75) is 45.6 Å². The number of nitrogens with zero attached hydrogens (tertiary/aromatic N) is 2. The Bertz CT molecular complexity index is 892. The molecule has 2 aromatic rings. The molecule has 1 fully saturated rings. The van der Waals surface area contributed by atoms with Crippen LogP contribution >= 0.6 is 0 Å². The number of aliphatic hydroxyl groups is 1. The lowest BCUT2D eigenvalue weighted by Gasteiger charge is -2.18. The SMILES string of the molecule is CCc1ccc(C(=O)Nc2nc(=O)n(C3COC(CO)O3)cc2C(C)C)cc1. The van der Waals surface area contributed by atoms with E-state index in [2.05, 4.69) is 10.3 Å². The van der Waals surface area contributed by atoms with Crippen molar-refractivity contribution in [3.63, 3.8) is 0 Å². The first-order valence-corrected chi connectivity index (χ1v) is 9.34. The van der Waals surface area contributed by atoms with Gasteiger partial charge in [0, 0.05) is 17.3 Å². The Balaban J connectivity index is 1.87. The molecule has 2 heterocycles. The monoisotopic (exact) mass is 387 g/mol. The minimum Gasteiger partial charge on any atom is -0.391 e. The van der Waals surface area contributed by atoms with Crippen molar-refractivity contribution in [1.29, 1.82) is 0 Å². The van der Waals surface area contributed by atoms with Crippen LogP contribution in [0.15, 0.2) is 35.3 Å². The Morgan fingerprint density at radius 1 is 1.36 bits per heavy atom. The Labute approximate surface area is 163 Å². The van der Waals surface area contributed by atoms with Crippen LogP contribution in [0.5, 0.6) is 0 Å².